The maximum absolute atomic E-state index is 12.7. The van der Waals surface area contributed by atoms with Gasteiger partial charge in [0.15, 0.2) is 0 Å². The highest BCUT2D eigenvalue weighted by atomic mass is 19.1. The third-order valence-electron chi connectivity index (χ3n) is 3.05. The molecule has 1 fully saturated rings. The predicted octanol–water partition coefficient (Wildman–Crippen LogP) is 1.56. The molecule has 0 unspecified atom stereocenters. The van der Waals surface area contributed by atoms with E-state index in [1.165, 1.54) is 24.3 Å². The quantitative estimate of drug-likeness (QED) is 0.762. The second-order valence-corrected chi connectivity index (χ2v) is 4.43. The van der Waals surface area contributed by atoms with Crippen molar-refractivity contribution < 1.29 is 9.18 Å². The first kappa shape index (κ1) is 12.0. The number of benzene rings is 1. The van der Waals surface area contributed by atoms with Gasteiger partial charge in [-0.05, 0) is 56.1 Å². The van der Waals surface area contributed by atoms with Crippen LogP contribution in [0.5, 0.6) is 0 Å². The number of hydrogen-bond acceptors (Lipinski definition) is 2. The van der Waals surface area contributed by atoms with Gasteiger partial charge in [-0.15, -0.1) is 0 Å². The lowest BCUT2D eigenvalue weighted by molar-refractivity contribution is 0.0952. The fourth-order valence-electron chi connectivity index (χ4n) is 1.85. The Bertz CT molecular complexity index is 374. The summed E-state index contributed by atoms with van der Waals surface area (Å²) in [5, 5.41) is 6.06. The summed E-state index contributed by atoms with van der Waals surface area (Å²) in [6, 6.07) is 5.60. The van der Waals surface area contributed by atoms with Crippen LogP contribution in [0.25, 0.3) is 0 Å². The summed E-state index contributed by atoms with van der Waals surface area (Å²) in [7, 11) is 0. The zero-order valence-electron chi connectivity index (χ0n) is 9.71. The molecule has 1 amide bonds. The molecule has 4 heteroatoms. The third kappa shape index (κ3) is 3.53. The van der Waals surface area contributed by atoms with Crippen LogP contribution >= 0.6 is 0 Å². The molecule has 2 N–H and O–H groups in total. The fraction of sp³-hybridized carbons (Fsp3) is 0.462. The number of carbonyl (C=O) groups excluding carboxylic acids is 1. The molecule has 0 spiro atoms. The summed E-state index contributed by atoms with van der Waals surface area (Å²) in [6.07, 6.45) is 2.15. The number of hydrogen-bond donors (Lipinski definition) is 2. The molecule has 17 heavy (non-hydrogen) atoms. The van der Waals surface area contributed by atoms with Gasteiger partial charge in [0.2, 0.25) is 0 Å². The minimum absolute atomic E-state index is 0.128. The van der Waals surface area contributed by atoms with Gasteiger partial charge in [0.05, 0.1) is 0 Å². The third-order valence-corrected chi connectivity index (χ3v) is 3.05. The first-order valence-corrected chi connectivity index (χ1v) is 6.00. The van der Waals surface area contributed by atoms with E-state index in [2.05, 4.69) is 10.6 Å². The number of rotatable bonds is 5. The van der Waals surface area contributed by atoms with E-state index in [9.17, 15) is 9.18 Å². The highest BCUT2D eigenvalue weighted by molar-refractivity contribution is 5.94. The van der Waals surface area contributed by atoms with Crippen molar-refractivity contribution >= 4 is 5.91 Å². The Morgan fingerprint density at radius 1 is 1.35 bits per heavy atom. The van der Waals surface area contributed by atoms with E-state index in [0.29, 0.717) is 12.1 Å². The molecule has 0 aliphatic carbocycles. The number of halogens is 1. The molecule has 1 aliphatic rings. The van der Waals surface area contributed by atoms with E-state index in [1.807, 2.05) is 0 Å². The summed E-state index contributed by atoms with van der Waals surface area (Å²) in [5.41, 5.74) is 0.511. The molecular formula is C13H17FN2O. The van der Waals surface area contributed by atoms with E-state index in [0.717, 1.165) is 31.8 Å². The molecular weight excluding hydrogens is 219 g/mol. The van der Waals surface area contributed by atoms with Crippen LogP contribution in [0.2, 0.25) is 0 Å². The summed E-state index contributed by atoms with van der Waals surface area (Å²) in [6.45, 7) is 2.89. The monoisotopic (exact) mass is 236 g/mol. The standard InChI is InChI=1S/C13H17FN2O/c14-12-5-3-11(4-6-12)13(17)16-7-1-2-10-8-15-9-10/h3-6,10,15H,1-2,7-9H2,(H,16,17). The van der Waals surface area contributed by atoms with Gasteiger partial charge in [-0.1, -0.05) is 0 Å². The minimum atomic E-state index is -0.320. The molecule has 0 radical (unpaired) electrons. The van der Waals surface area contributed by atoms with Crippen molar-refractivity contribution in [2.45, 2.75) is 12.8 Å². The number of carbonyl (C=O) groups is 1. The van der Waals surface area contributed by atoms with Crippen LogP contribution < -0.4 is 10.6 Å². The van der Waals surface area contributed by atoms with Crippen LogP contribution in [0.3, 0.4) is 0 Å². The molecule has 0 atom stereocenters. The highest BCUT2D eigenvalue weighted by Gasteiger charge is 2.15. The van der Waals surface area contributed by atoms with Crippen molar-refractivity contribution in [2.75, 3.05) is 19.6 Å². The van der Waals surface area contributed by atoms with Gasteiger partial charge in [0.1, 0.15) is 5.82 Å². The van der Waals surface area contributed by atoms with E-state index in [-0.39, 0.29) is 11.7 Å². The first-order chi connectivity index (χ1) is 8.25. The molecule has 0 bridgehead atoms. The Morgan fingerprint density at radius 3 is 2.65 bits per heavy atom. The highest BCUT2D eigenvalue weighted by Crippen LogP contribution is 2.10. The lowest BCUT2D eigenvalue weighted by Crippen LogP contribution is -2.42. The number of amides is 1. The predicted molar refractivity (Wildman–Crippen MR) is 64.3 cm³/mol. The van der Waals surface area contributed by atoms with Crippen molar-refractivity contribution in [3.05, 3.63) is 35.6 Å². The van der Waals surface area contributed by atoms with Crippen molar-refractivity contribution in [3.8, 4) is 0 Å². The smallest absolute Gasteiger partial charge is 0.251 e. The van der Waals surface area contributed by atoms with Crippen molar-refractivity contribution in [2.24, 2.45) is 5.92 Å². The second kappa shape index (κ2) is 5.77. The van der Waals surface area contributed by atoms with Crippen molar-refractivity contribution in [1.82, 2.24) is 10.6 Å². The molecule has 92 valence electrons. The van der Waals surface area contributed by atoms with Gasteiger partial charge in [-0.25, -0.2) is 4.39 Å². The molecule has 1 aliphatic heterocycles. The molecule has 1 aromatic rings. The van der Waals surface area contributed by atoms with Gasteiger partial charge in [0.25, 0.3) is 5.91 Å². The molecule has 1 heterocycles. The van der Waals surface area contributed by atoms with Crippen LogP contribution in [0.15, 0.2) is 24.3 Å². The first-order valence-electron chi connectivity index (χ1n) is 6.00. The Labute approximate surface area is 100 Å². The Hall–Kier alpha value is -1.42. The second-order valence-electron chi connectivity index (χ2n) is 4.43. The van der Waals surface area contributed by atoms with E-state index in [1.54, 1.807) is 0 Å². The summed E-state index contributed by atoms with van der Waals surface area (Å²) < 4.78 is 12.7. The Morgan fingerprint density at radius 2 is 2.06 bits per heavy atom. The van der Waals surface area contributed by atoms with Gasteiger partial charge < -0.3 is 10.6 Å². The van der Waals surface area contributed by atoms with Gasteiger partial charge in [-0.3, -0.25) is 4.79 Å². The Kier molecular flexibility index (Phi) is 4.09. The van der Waals surface area contributed by atoms with Gasteiger partial charge in [0, 0.05) is 12.1 Å². The van der Waals surface area contributed by atoms with Crippen LogP contribution in [-0.4, -0.2) is 25.5 Å². The zero-order chi connectivity index (χ0) is 12.1. The molecule has 0 saturated carbocycles. The van der Waals surface area contributed by atoms with E-state index in [4.69, 9.17) is 0 Å². The molecule has 2 rings (SSSR count). The van der Waals surface area contributed by atoms with Crippen LogP contribution in [0, 0.1) is 11.7 Å². The van der Waals surface area contributed by atoms with Crippen molar-refractivity contribution in [1.29, 1.82) is 0 Å². The minimum Gasteiger partial charge on any atom is -0.352 e. The van der Waals surface area contributed by atoms with E-state index < -0.39 is 0 Å². The number of nitrogens with one attached hydrogen (secondary N) is 2. The fourth-order valence-corrected chi connectivity index (χ4v) is 1.85. The van der Waals surface area contributed by atoms with Crippen LogP contribution in [0.1, 0.15) is 23.2 Å². The van der Waals surface area contributed by atoms with E-state index >= 15 is 0 Å². The summed E-state index contributed by atoms with van der Waals surface area (Å²) in [4.78, 5) is 11.6. The lowest BCUT2D eigenvalue weighted by atomic mass is 9.97. The average molecular weight is 236 g/mol. The lowest BCUT2D eigenvalue weighted by Gasteiger charge is -2.26. The zero-order valence-corrected chi connectivity index (χ0v) is 9.71. The Balaban J connectivity index is 1.67. The topological polar surface area (TPSA) is 41.1 Å². The molecule has 1 aromatic carbocycles. The normalized spacial score (nSPS) is 15.4. The van der Waals surface area contributed by atoms with Crippen LogP contribution in [-0.2, 0) is 0 Å². The van der Waals surface area contributed by atoms with Gasteiger partial charge >= 0.3 is 0 Å². The molecule has 3 nitrogen and oxygen atoms in total. The van der Waals surface area contributed by atoms with Gasteiger partial charge in [-0.2, -0.15) is 0 Å². The summed E-state index contributed by atoms with van der Waals surface area (Å²) >= 11 is 0. The largest absolute Gasteiger partial charge is 0.352 e. The maximum atomic E-state index is 12.7. The van der Waals surface area contributed by atoms with Crippen molar-refractivity contribution in [3.63, 3.8) is 0 Å². The average Bonchev–Trinajstić information content (AvgIpc) is 2.27. The SMILES string of the molecule is O=C(NCCCC1CNC1)c1ccc(F)cc1. The van der Waals surface area contributed by atoms with Crippen LogP contribution in [0.4, 0.5) is 4.39 Å². The summed E-state index contributed by atoms with van der Waals surface area (Å²) in [5.74, 6) is 0.327. The molecule has 0 aromatic heterocycles. The molecule has 1 saturated heterocycles. The maximum Gasteiger partial charge on any atom is 0.251 e.